The molecule has 0 saturated heterocycles. The van der Waals surface area contributed by atoms with E-state index in [-0.39, 0.29) is 5.82 Å². The van der Waals surface area contributed by atoms with E-state index in [9.17, 15) is 4.39 Å². The first-order valence-electron chi connectivity index (χ1n) is 4.08. The van der Waals surface area contributed by atoms with Gasteiger partial charge in [0.1, 0.15) is 5.82 Å². The van der Waals surface area contributed by atoms with Crippen LogP contribution < -0.4 is 5.32 Å². The van der Waals surface area contributed by atoms with E-state index in [1.54, 1.807) is 12.1 Å². The standard InChI is InChI=1S/C10H10BrClFN/c1-7(5-12)6-14-8-2-3-9(11)10(13)4-8/h2-5,14H,6H2,1H3/b7-5-. The van der Waals surface area contributed by atoms with Gasteiger partial charge in [0.2, 0.25) is 0 Å². The average Bonchev–Trinajstić information content (AvgIpc) is 2.19. The molecule has 0 fully saturated rings. The Labute approximate surface area is 96.1 Å². The quantitative estimate of drug-likeness (QED) is 0.876. The zero-order valence-corrected chi connectivity index (χ0v) is 9.99. The summed E-state index contributed by atoms with van der Waals surface area (Å²) >= 11 is 8.58. The second-order valence-electron chi connectivity index (χ2n) is 2.94. The van der Waals surface area contributed by atoms with Crippen molar-refractivity contribution in [1.82, 2.24) is 0 Å². The lowest BCUT2D eigenvalue weighted by molar-refractivity contribution is 0.621. The van der Waals surface area contributed by atoms with Gasteiger partial charge >= 0.3 is 0 Å². The molecule has 0 unspecified atom stereocenters. The monoisotopic (exact) mass is 277 g/mol. The minimum absolute atomic E-state index is 0.275. The van der Waals surface area contributed by atoms with Crippen molar-refractivity contribution in [1.29, 1.82) is 0 Å². The molecule has 0 aliphatic carbocycles. The molecule has 0 radical (unpaired) electrons. The predicted molar refractivity (Wildman–Crippen MR) is 62.2 cm³/mol. The number of anilines is 1. The number of halogens is 3. The van der Waals surface area contributed by atoms with Crippen LogP contribution in [0.15, 0.2) is 33.8 Å². The van der Waals surface area contributed by atoms with Gasteiger partial charge < -0.3 is 5.32 Å². The van der Waals surface area contributed by atoms with Crippen molar-refractivity contribution in [3.8, 4) is 0 Å². The fraction of sp³-hybridized carbons (Fsp3) is 0.200. The third kappa shape index (κ3) is 3.31. The molecule has 0 atom stereocenters. The molecule has 0 spiro atoms. The van der Waals surface area contributed by atoms with Crippen LogP contribution in [-0.4, -0.2) is 6.54 Å². The summed E-state index contributed by atoms with van der Waals surface area (Å²) in [5.41, 5.74) is 3.24. The summed E-state index contributed by atoms with van der Waals surface area (Å²) in [6.07, 6.45) is 0. The lowest BCUT2D eigenvalue weighted by atomic mass is 10.3. The van der Waals surface area contributed by atoms with Gasteiger partial charge in [-0.2, -0.15) is 0 Å². The lowest BCUT2D eigenvalue weighted by Crippen LogP contribution is -2.02. The number of hydrogen-bond acceptors (Lipinski definition) is 1. The van der Waals surface area contributed by atoms with Crippen molar-refractivity contribution in [2.45, 2.75) is 6.92 Å². The molecule has 1 aromatic carbocycles. The molecular formula is C10H10BrClFN. The smallest absolute Gasteiger partial charge is 0.139 e. The zero-order chi connectivity index (χ0) is 10.6. The highest BCUT2D eigenvalue weighted by Crippen LogP contribution is 2.19. The SMILES string of the molecule is C/C(=C/Cl)CNc1ccc(Br)c(F)c1. The Hall–Kier alpha value is -0.540. The highest BCUT2D eigenvalue weighted by atomic mass is 79.9. The molecule has 0 aliphatic rings. The first-order valence-corrected chi connectivity index (χ1v) is 5.31. The summed E-state index contributed by atoms with van der Waals surface area (Å²) in [5.74, 6) is -0.275. The Morgan fingerprint density at radius 1 is 1.64 bits per heavy atom. The maximum Gasteiger partial charge on any atom is 0.139 e. The Morgan fingerprint density at radius 2 is 2.36 bits per heavy atom. The molecule has 1 aromatic rings. The fourth-order valence-corrected chi connectivity index (χ4v) is 1.21. The van der Waals surface area contributed by atoms with Crippen molar-refractivity contribution in [3.63, 3.8) is 0 Å². The largest absolute Gasteiger partial charge is 0.381 e. The summed E-state index contributed by atoms with van der Waals surface area (Å²) < 4.78 is 13.5. The van der Waals surface area contributed by atoms with Gasteiger partial charge in [0.15, 0.2) is 0 Å². The van der Waals surface area contributed by atoms with Crippen molar-refractivity contribution in [3.05, 3.63) is 39.6 Å². The van der Waals surface area contributed by atoms with Gasteiger partial charge in [-0.05, 0) is 46.6 Å². The Morgan fingerprint density at radius 3 is 2.93 bits per heavy atom. The van der Waals surface area contributed by atoms with E-state index in [1.165, 1.54) is 11.6 Å². The first kappa shape index (κ1) is 11.5. The highest BCUT2D eigenvalue weighted by Gasteiger charge is 1.99. The molecule has 1 rings (SSSR count). The third-order valence-electron chi connectivity index (χ3n) is 1.68. The highest BCUT2D eigenvalue weighted by molar-refractivity contribution is 9.10. The molecule has 1 N–H and O–H groups in total. The van der Waals surface area contributed by atoms with Crippen LogP contribution in [0.4, 0.5) is 10.1 Å². The third-order valence-corrected chi connectivity index (χ3v) is 2.69. The van der Waals surface area contributed by atoms with Crippen molar-refractivity contribution in [2.24, 2.45) is 0 Å². The number of hydrogen-bond donors (Lipinski definition) is 1. The van der Waals surface area contributed by atoms with E-state index in [4.69, 9.17) is 11.6 Å². The lowest BCUT2D eigenvalue weighted by Gasteiger charge is -2.06. The Balaban J connectivity index is 2.64. The van der Waals surface area contributed by atoms with Gasteiger partial charge in [0.25, 0.3) is 0 Å². The summed E-state index contributed by atoms with van der Waals surface area (Å²) in [6, 6.07) is 4.90. The van der Waals surface area contributed by atoms with Gasteiger partial charge in [-0.1, -0.05) is 11.6 Å². The summed E-state index contributed by atoms with van der Waals surface area (Å²) in [4.78, 5) is 0. The minimum Gasteiger partial charge on any atom is -0.381 e. The number of nitrogens with one attached hydrogen (secondary N) is 1. The molecule has 0 aliphatic heterocycles. The topological polar surface area (TPSA) is 12.0 Å². The molecule has 4 heteroatoms. The van der Waals surface area contributed by atoms with E-state index < -0.39 is 0 Å². The van der Waals surface area contributed by atoms with Gasteiger partial charge in [-0.3, -0.25) is 0 Å². The Kier molecular flexibility index (Phi) is 4.42. The van der Waals surface area contributed by atoms with Crippen LogP contribution in [0.5, 0.6) is 0 Å². The first-order chi connectivity index (χ1) is 6.63. The van der Waals surface area contributed by atoms with Crippen molar-refractivity contribution >= 4 is 33.2 Å². The van der Waals surface area contributed by atoms with Crippen LogP contribution in [0.2, 0.25) is 0 Å². The molecule has 76 valence electrons. The van der Waals surface area contributed by atoms with Gasteiger partial charge in [0, 0.05) is 17.8 Å². The molecule has 0 aromatic heterocycles. The van der Waals surface area contributed by atoms with E-state index in [1.807, 2.05) is 6.92 Å². The fourth-order valence-electron chi connectivity index (χ4n) is 0.886. The maximum atomic E-state index is 13.1. The Bertz CT molecular complexity index is 352. The van der Waals surface area contributed by atoms with Crippen LogP contribution in [0.3, 0.4) is 0 Å². The molecule has 0 heterocycles. The second kappa shape index (κ2) is 5.37. The van der Waals surface area contributed by atoms with E-state index in [0.717, 1.165) is 11.3 Å². The van der Waals surface area contributed by atoms with Gasteiger partial charge in [-0.15, -0.1) is 0 Å². The van der Waals surface area contributed by atoms with Crippen molar-refractivity contribution < 1.29 is 4.39 Å². The van der Waals surface area contributed by atoms with E-state index >= 15 is 0 Å². The summed E-state index contributed by atoms with van der Waals surface area (Å²) in [6.45, 7) is 2.51. The molecule has 0 saturated carbocycles. The predicted octanol–water partition coefficient (Wildman–Crippen LogP) is 4.14. The molecular weight excluding hydrogens is 268 g/mol. The second-order valence-corrected chi connectivity index (χ2v) is 4.01. The molecule has 0 amide bonds. The maximum absolute atomic E-state index is 13.1. The number of rotatable bonds is 3. The van der Waals surface area contributed by atoms with Crippen LogP contribution in [0.25, 0.3) is 0 Å². The summed E-state index contributed by atoms with van der Waals surface area (Å²) in [7, 11) is 0. The minimum atomic E-state index is -0.275. The number of benzene rings is 1. The van der Waals surface area contributed by atoms with Crippen LogP contribution in [0.1, 0.15) is 6.92 Å². The molecule has 0 bridgehead atoms. The van der Waals surface area contributed by atoms with Crippen LogP contribution in [-0.2, 0) is 0 Å². The molecule has 14 heavy (non-hydrogen) atoms. The normalized spacial score (nSPS) is 11.6. The van der Waals surface area contributed by atoms with Crippen molar-refractivity contribution in [2.75, 3.05) is 11.9 Å². The van der Waals surface area contributed by atoms with E-state index in [0.29, 0.717) is 11.0 Å². The molecule has 1 nitrogen and oxygen atoms in total. The van der Waals surface area contributed by atoms with Crippen LogP contribution in [0, 0.1) is 5.82 Å². The van der Waals surface area contributed by atoms with Crippen LogP contribution >= 0.6 is 27.5 Å². The van der Waals surface area contributed by atoms with E-state index in [2.05, 4.69) is 21.2 Å². The van der Waals surface area contributed by atoms with Gasteiger partial charge in [-0.25, -0.2) is 4.39 Å². The zero-order valence-electron chi connectivity index (χ0n) is 7.65. The summed E-state index contributed by atoms with van der Waals surface area (Å²) in [5, 5.41) is 3.05. The van der Waals surface area contributed by atoms with Gasteiger partial charge in [0.05, 0.1) is 4.47 Å². The average molecular weight is 279 g/mol.